The molecule has 146 valence electrons. The minimum atomic E-state index is -3.45. The maximum absolute atomic E-state index is 12.8. The van der Waals surface area contributed by atoms with E-state index in [1.807, 2.05) is 49.4 Å². The number of tetrazole rings is 1. The van der Waals surface area contributed by atoms with Crippen LogP contribution >= 0.6 is 0 Å². The van der Waals surface area contributed by atoms with E-state index < -0.39 is 10.0 Å². The average Bonchev–Trinajstić information content (AvgIpc) is 3.17. The lowest BCUT2D eigenvalue weighted by Gasteiger charge is -2.33. The van der Waals surface area contributed by atoms with Crippen molar-refractivity contribution in [1.82, 2.24) is 29.4 Å². The first-order chi connectivity index (χ1) is 13.5. The Bertz CT molecular complexity index is 1030. The highest BCUT2D eigenvalue weighted by Crippen LogP contribution is 2.19. The van der Waals surface area contributed by atoms with Gasteiger partial charge in [0.2, 0.25) is 10.0 Å². The number of hydrogen-bond acceptors (Lipinski definition) is 6. The van der Waals surface area contributed by atoms with E-state index in [4.69, 9.17) is 0 Å². The lowest BCUT2D eigenvalue weighted by atomic mass is 10.2. The summed E-state index contributed by atoms with van der Waals surface area (Å²) in [5, 5.41) is 12.0. The highest BCUT2D eigenvalue weighted by atomic mass is 32.2. The van der Waals surface area contributed by atoms with Crippen molar-refractivity contribution in [2.45, 2.75) is 18.4 Å². The third-order valence-electron chi connectivity index (χ3n) is 4.89. The van der Waals surface area contributed by atoms with Gasteiger partial charge in [0.15, 0.2) is 5.82 Å². The molecule has 0 unspecified atom stereocenters. The molecule has 0 spiro atoms. The molecular formula is C19H22N6O2S. The average molecular weight is 398 g/mol. The predicted molar refractivity (Wildman–Crippen MR) is 104 cm³/mol. The highest BCUT2D eigenvalue weighted by molar-refractivity contribution is 7.89. The number of nitrogens with zero attached hydrogens (tertiary/aromatic N) is 6. The second kappa shape index (κ2) is 7.78. The Morgan fingerprint density at radius 3 is 2.29 bits per heavy atom. The second-order valence-electron chi connectivity index (χ2n) is 6.84. The SMILES string of the molecule is Cc1ccc(S(=O)(=O)N2CCN(Cc3nnnn3-c3ccccc3)CC2)cc1. The number of rotatable bonds is 5. The minimum absolute atomic E-state index is 0.347. The van der Waals surface area contributed by atoms with E-state index >= 15 is 0 Å². The van der Waals surface area contributed by atoms with Crippen molar-refractivity contribution in [1.29, 1.82) is 0 Å². The monoisotopic (exact) mass is 398 g/mol. The van der Waals surface area contributed by atoms with E-state index in [2.05, 4.69) is 20.4 Å². The standard InChI is InChI=1S/C19H22N6O2S/c1-16-7-9-18(10-8-16)28(26,27)24-13-11-23(12-14-24)15-19-20-21-22-25(19)17-5-3-2-4-6-17/h2-10H,11-15H2,1H3. The second-order valence-corrected chi connectivity index (χ2v) is 8.77. The molecule has 0 amide bonds. The summed E-state index contributed by atoms with van der Waals surface area (Å²) in [6, 6.07) is 16.7. The number of para-hydroxylation sites is 1. The Morgan fingerprint density at radius 1 is 0.929 bits per heavy atom. The van der Waals surface area contributed by atoms with E-state index in [1.54, 1.807) is 21.1 Å². The molecule has 1 fully saturated rings. The van der Waals surface area contributed by atoms with Crippen molar-refractivity contribution in [3.05, 3.63) is 66.0 Å². The van der Waals surface area contributed by atoms with Crippen molar-refractivity contribution < 1.29 is 8.42 Å². The van der Waals surface area contributed by atoms with Gasteiger partial charge < -0.3 is 0 Å². The molecule has 28 heavy (non-hydrogen) atoms. The Kier molecular flexibility index (Phi) is 5.21. The zero-order chi connectivity index (χ0) is 19.6. The highest BCUT2D eigenvalue weighted by Gasteiger charge is 2.29. The van der Waals surface area contributed by atoms with Gasteiger partial charge in [-0.2, -0.15) is 8.99 Å². The zero-order valence-electron chi connectivity index (χ0n) is 15.6. The van der Waals surface area contributed by atoms with Crippen LogP contribution in [0, 0.1) is 6.92 Å². The van der Waals surface area contributed by atoms with Gasteiger partial charge in [0.05, 0.1) is 17.1 Å². The van der Waals surface area contributed by atoms with E-state index in [-0.39, 0.29) is 0 Å². The largest absolute Gasteiger partial charge is 0.293 e. The molecule has 1 aliphatic heterocycles. The molecular weight excluding hydrogens is 376 g/mol. The molecule has 0 radical (unpaired) electrons. The molecule has 8 nitrogen and oxygen atoms in total. The van der Waals surface area contributed by atoms with Crippen molar-refractivity contribution in [3.8, 4) is 5.69 Å². The Labute approximate surface area is 164 Å². The normalized spacial score (nSPS) is 16.3. The fraction of sp³-hybridized carbons (Fsp3) is 0.316. The first kappa shape index (κ1) is 18.7. The maximum Gasteiger partial charge on any atom is 0.243 e. The molecule has 0 N–H and O–H groups in total. The zero-order valence-corrected chi connectivity index (χ0v) is 16.5. The Hall–Kier alpha value is -2.62. The molecule has 1 aliphatic rings. The van der Waals surface area contributed by atoms with Gasteiger partial charge in [-0.1, -0.05) is 35.9 Å². The molecule has 3 aromatic rings. The van der Waals surface area contributed by atoms with Crippen LogP contribution in [0.25, 0.3) is 5.69 Å². The summed E-state index contributed by atoms with van der Waals surface area (Å²) >= 11 is 0. The van der Waals surface area contributed by atoms with Gasteiger partial charge in [-0.05, 0) is 41.6 Å². The summed E-state index contributed by atoms with van der Waals surface area (Å²) in [7, 11) is -3.45. The molecule has 0 bridgehead atoms. The maximum atomic E-state index is 12.8. The summed E-state index contributed by atoms with van der Waals surface area (Å²) in [6.45, 7) is 4.67. The molecule has 1 aromatic heterocycles. The smallest absolute Gasteiger partial charge is 0.243 e. The van der Waals surface area contributed by atoms with Crippen LogP contribution in [0.3, 0.4) is 0 Å². The van der Waals surface area contributed by atoms with E-state index in [0.717, 1.165) is 17.1 Å². The van der Waals surface area contributed by atoms with Gasteiger partial charge >= 0.3 is 0 Å². The van der Waals surface area contributed by atoms with E-state index in [0.29, 0.717) is 37.6 Å². The number of sulfonamides is 1. The molecule has 9 heteroatoms. The third-order valence-corrected chi connectivity index (χ3v) is 6.80. The van der Waals surface area contributed by atoms with Gasteiger partial charge in [0, 0.05) is 26.2 Å². The van der Waals surface area contributed by atoms with Crippen molar-refractivity contribution in [2.75, 3.05) is 26.2 Å². The third kappa shape index (κ3) is 3.82. The number of hydrogen-bond donors (Lipinski definition) is 0. The van der Waals surface area contributed by atoms with Crippen molar-refractivity contribution >= 4 is 10.0 Å². The van der Waals surface area contributed by atoms with Crippen LogP contribution in [0.2, 0.25) is 0 Å². The quantitative estimate of drug-likeness (QED) is 0.647. The lowest BCUT2D eigenvalue weighted by molar-refractivity contribution is 0.177. The van der Waals surface area contributed by atoms with Crippen molar-refractivity contribution in [3.63, 3.8) is 0 Å². The molecule has 2 aromatic carbocycles. The van der Waals surface area contributed by atoms with Crippen LogP contribution < -0.4 is 0 Å². The topological polar surface area (TPSA) is 84.2 Å². The molecule has 0 saturated carbocycles. The van der Waals surface area contributed by atoms with E-state index in [9.17, 15) is 8.42 Å². The van der Waals surface area contributed by atoms with Crippen LogP contribution in [-0.4, -0.2) is 64.0 Å². The van der Waals surface area contributed by atoms with Gasteiger partial charge in [-0.3, -0.25) is 4.90 Å². The fourth-order valence-corrected chi connectivity index (χ4v) is 4.68. The van der Waals surface area contributed by atoms with Crippen LogP contribution in [0.4, 0.5) is 0 Å². The molecule has 4 rings (SSSR count). The van der Waals surface area contributed by atoms with Crippen LogP contribution in [0.5, 0.6) is 0 Å². The number of aryl methyl sites for hydroxylation is 1. The van der Waals surface area contributed by atoms with Crippen LogP contribution in [0.15, 0.2) is 59.5 Å². The minimum Gasteiger partial charge on any atom is -0.293 e. The Balaban J connectivity index is 1.42. The van der Waals surface area contributed by atoms with E-state index in [1.165, 1.54) is 0 Å². The summed E-state index contributed by atoms with van der Waals surface area (Å²) in [5.74, 6) is 0.737. The molecule has 1 saturated heterocycles. The fourth-order valence-electron chi connectivity index (χ4n) is 3.26. The lowest BCUT2D eigenvalue weighted by Crippen LogP contribution is -2.48. The number of piperazine rings is 1. The summed E-state index contributed by atoms with van der Waals surface area (Å²) in [5.41, 5.74) is 1.95. The predicted octanol–water partition coefficient (Wildman–Crippen LogP) is 1.48. The first-order valence-corrected chi connectivity index (χ1v) is 10.6. The van der Waals surface area contributed by atoms with Gasteiger partial charge in [0.1, 0.15) is 0 Å². The number of benzene rings is 2. The van der Waals surface area contributed by atoms with Crippen molar-refractivity contribution in [2.24, 2.45) is 0 Å². The van der Waals surface area contributed by atoms with Gasteiger partial charge in [-0.15, -0.1) is 5.10 Å². The number of aromatic nitrogens is 4. The van der Waals surface area contributed by atoms with Crippen LogP contribution in [0.1, 0.15) is 11.4 Å². The summed E-state index contributed by atoms with van der Waals surface area (Å²) in [6.07, 6.45) is 0. The molecule has 2 heterocycles. The Morgan fingerprint density at radius 2 is 1.61 bits per heavy atom. The first-order valence-electron chi connectivity index (χ1n) is 9.16. The molecule has 0 aliphatic carbocycles. The van der Waals surface area contributed by atoms with Gasteiger partial charge in [0.25, 0.3) is 0 Å². The van der Waals surface area contributed by atoms with Gasteiger partial charge in [-0.25, -0.2) is 8.42 Å². The summed E-state index contributed by atoms with van der Waals surface area (Å²) in [4.78, 5) is 2.52. The van der Waals surface area contributed by atoms with Crippen LogP contribution in [-0.2, 0) is 16.6 Å². The summed E-state index contributed by atoms with van der Waals surface area (Å²) < 4.78 is 28.9. The molecule has 0 atom stereocenters.